The third-order valence-corrected chi connectivity index (χ3v) is 3.13. The summed E-state index contributed by atoms with van der Waals surface area (Å²) in [6.45, 7) is 0.0524. The number of alkyl halides is 2. The zero-order chi connectivity index (χ0) is 12.3. The van der Waals surface area contributed by atoms with E-state index in [0.717, 1.165) is 36.9 Å². The Bertz CT molecular complexity index is 376. The summed E-state index contributed by atoms with van der Waals surface area (Å²) in [5.74, 6) is 0.344. The van der Waals surface area contributed by atoms with E-state index in [1.165, 1.54) is 0 Å². The normalized spacial score (nSPS) is 19.9. The van der Waals surface area contributed by atoms with Crippen molar-refractivity contribution in [1.82, 2.24) is 5.32 Å². The van der Waals surface area contributed by atoms with Gasteiger partial charge in [0.25, 0.3) is 0 Å². The molecule has 0 aliphatic carbocycles. The molecule has 0 saturated carbocycles. The number of aryl methyl sites for hydroxylation is 1. The van der Waals surface area contributed by atoms with Gasteiger partial charge in [-0.15, -0.1) is 0 Å². The predicted octanol–water partition coefficient (Wildman–Crippen LogP) is 2.89. The maximum Gasteiger partial charge on any atom is 0.387 e. The number of hydrogen-bond donors (Lipinski definition) is 1. The van der Waals surface area contributed by atoms with Crippen LogP contribution in [0.3, 0.4) is 0 Å². The Hall–Kier alpha value is -1.16. The lowest BCUT2D eigenvalue weighted by Gasteiger charge is -2.16. The van der Waals surface area contributed by atoms with Crippen LogP contribution in [0, 0.1) is 6.92 Å². The molecule has 17 heavy (non-hydrogen) atoms. The van der Waals surface area contributed by atoms with Crippen molar-refractivity contribution in [2.75, 3.05) is 6.54 Å². The molecule has 1 N–H and O–H groups in total. The van der Waals surface area contributed by atoms with Gasteiger partial charge in [-0.3, -0.25) is 0 Å². The minimum Gasteiger partial charge on any atom is -0.434 e. The van der Waals surface area contributed by atoms with Crippen LogP contribution in [0.5, 0.6) is 5.75 Å². The van der Waals surface area contributed by atoms with Crippen molar-refractivity contribution >= 4 is 0 Å². The van der Waals surface area contributed by atoms with Gasteiger partial charge in [0, 0.05) is 6.04 Å². The molecule has 2 nitrogen and oxygen atoms in total. The van der Waals surface area contributed by atoms with Gasteiger partial charge in [-0.2, -0.15) is 8.78 Å². The zero-order valence-electron chi connectivity index (χ0n) is 9.88. The Morgan fingerprint density at radius 2 is 2.29 bits per heavy atom. The van der Waals surface area contributed by atoms with Crippen LogP contribution in [0.1, 0.15) is 24.0 Å². The zero-order valence-corrected chi connectivity index (χ0v) is 9.88. The van der Waals surface area contributed by atoms with Crippen molar-refractivity contribution in [1.29, 1.82) is 0 Å². The molecular weight excluding hydrogens is 224 g/mol. The average molecular weight is 241 g/mol. The van der Waals surface area contributed by atoms with Gasteiger partial charge in [0.2, 0.25) is 0 Å². The second-order valence-corrected chi connectivity index (χ2v) is 4.44. The molecule has 0 bridgehead atoms. The third-order valence-electron chi connectivity index (χ3n) is 3.13. The van der Waals surface area contributed by atoms with Crippen LogP contribution < -0.4 is 10.1 Å². The molecule has 4 heteroatoms. The van der Waals surface area contributed by atoms with E-state index in [-0.39, 0.29) is 0 Å². The fraction of sp³-hybridized carbons (Fsp3) is 0.538. The van der Waals surface area contributed by atoms with Crippen molar-refractivity contribution in [2.24, 2.45) is 0 Å². The number of benzene rings is 1. The molecule has 1 heterocycles. The highest BCUT2D eigenvalue weighted by molar-refractivity contribution is 5.41. The fourth-order valence-electron chi connectivity index (χ4n) is 2.33. The summed E-state index contributed by atoms with van der Waals surface area (Å²) in [5, 5.41) is 3.36. The topological polar surface area (TPSA) is 21.3 Å². The van der Waals surface area contributed by atoms with E-state index in [1.54, 1.807) is 13.0 Å². The van der Waals surface area contributed by atoms with E-state index in [2.05, 4.69) is 10.1 Å². The average Bonchev–Trinajstić information content (AvgIpc) is 2.75. The second kappa shape index (κ2) is 5.45. The van der Waals surface area contributed by atoms with Crippen LogP contribution in [-0.4, -0.2) is 19.2 Å². The smallest absolute Gasteiger partial charge is 0.387 e. The molecule has 1 aliphatic heterocycles. The van der Waals surface area contributed by atoms with Crippen molar-refractivity contribution in [3.63, 3.8) is 0 Å². The summed E-state index contributed by atoms with van der Waals surface area (Å²) in [7, 11) is 0. The second-order valence-electron chi connectivity index (χ2n) is 4.44. The number of hydrogen-bond acceptors (Lipinski definition) is 2. The van der Waals surface area contributed by atoms with E-state index in [9.17, 15) is 8.78 Å². The molecule has 0 spiro atoms. The van der Waals surface area contributed by atoms with Crippen LogP contribution in [0.4, 0.5) is 8.78 Å². The van der Waals surface area contributed by atoms with Gasteiger partial charge < -0.3 is 10.1 Å². The van der Waals surface area contributed by atoms with Gasteiger partial charge >= 0.3 is 6.61 Å². The molecule has 1 aliphatic rings. The van der Waals surface area contributed by atoms with Crippen LogP contribution in [0.25, 0.3) is 0 Å². The van der Waals surface area contributed by atoms with Gasteiger partial charge in [-0.25, -0.2) is 0 Å². The summed E-state index contributed by atoms with van der Waals surface area (Å²) in [6.07, 6.45) is 3.01. The predicted molar refractivity (Wildman–Crippen MR) is 62.5 cm³/mol. The largest absolute Gasteiger partial charge is 0.434 e. The molecule has 0 aromatic heterocycles. The summed E-state index contributed by atoms with van der Waals surface area (Å²) in [6, 6.07) is 5.93. The molecule has 0 amide bonds. The monoisotopic (exact) mass is 241 g/mol. The quantitative estimate of drug-likeness (QED) is 0.875. The SMILES string of the molecule is Cc1cccc(CC2CCCN2)c1OC(F)F. The lowest BCUT2D eigenvalue weighted by atomic mass is 10.0. The molecule has 2 rings (SSSR count). The number of para-hydroxylation sites is 1. The maximum absolute atomic E-state index is 12.4. The molecule has 1 fully saturated rings. The Morgan fingerprint density at radius 1 is 1.47 bits per heavy atom. The highest BCUT2D eigenvalue weighted by atomic mass is 19.3. The highest BCUT2D eigenvalue weighted by Gasteiger charge is 2.18. The van der Waals surface area contributed by atoms with E-state index in [0.29, 0.717) is 11.8 Å². The van der Waals surface area contributed by atoms with E-state index >= 15 is 0 Å². The standard InChI is InChI=1S/C13H17F2NO/c1-9-4-2-5-10(12(9)17-13(14)15)8-11-6-3-7-16-11/h2,4-5,11,13,16H,3,6-8H2,1H3. The minimum atomic E-state index is -2.76. The Labute approximate surface area is 100.0 Å². The Kier molecular flexibility index (Phi) is 3.94. The summed E-state index contributed by atoms with van der Waals surface area (Å²) < 4.78 is 29.3. The lowest BCUT2D eigenvalue weighted by molar-refractivity contribution is -0.0509. The molecule has 1 aromatic carbocycles. The van der Waals surface area contributed by atoms with Crippen molar-refractivity contribution in [3.05, 3.63) is 29.3 Å². The van der Waals surface area contributed by atoms with Crippen molar-refractivity contribution in [3.8, 4) is 5.75 Å². The first-order chi connectivity index (χ1) is 8.16. The number of rotatable bonds is 4. The van der Waals surface area contributed by atoms with Crippen LogP contribution in [-0.2, 0) is 6.42 Å². The molecule has 94 valence electrons. The molecule has 1 aromatic rings. The minimum absolute atomic E-state index is 0.344. The van der Waals surface area contributed by atoms with Gasteiger partial charge in [0.05, 0.1) is 0 Å². The van der Waals surface area contributed by atoms with Crippen LogP contribution in [0.15, 0.2) is 18.2 Å². The number of halogens is 2. The lowest BCUT2D eigenvalue weighted by Crippen LogP contribution is -2.24. The van der Waals surface area contributed by atoms with Gasteiger partial charge in [-0.1, -0.05) is 18.2 Å². The number of nitrogens with one attached hydrogen (secondary N) is 1. The first-order valence-electron chi connectivity index (χ1n) is 5.93. The van der Waals surface area contributed by atoms with Crippen LogP contribution in [0.2, 0.25) is 0 Å². The van der Waals surface area contributed by atoms with E-state index in [4.69, 9.17) is 0 Å². The molecular formula is C13H17F2NO. The Morgan fingerprint density at radius 3 is 2.94 bits per heavy atom. The number of ether oxygens (including phenoxy) is 1. The summed E-state index contributed by atoms with van der Waals surface area (Å²) in [5.41, 5.74) is 1.63. The third kappa shape index (κ3) is 3.16. The fourth-order valence-corrected chi connectivity index (χ4v) is 2.33. The van der Waals surface area contributed by atoms with E-state index < -0.39 is 6.61 Å². The first-order valence-corrected chi connectivity index (χ1v) is 5.93. The summed E-state index contributed by atoms with van der Waals surface area (Å²) >= 11 is 0. The highest BCUT2D eigenvalue weighted by Crippen LogP contribution is 2.27. The van der Waals surface area contributed by atoms with Crippen molar-refractivity contribution < 1.29 is 13.5 Å². The maximum atomic E-state index is 12.4. The molecule has 0 radical (unpaired) electrons. The van der Waals surface area contributed by atoms with Gasteiger partial charge in [0.1, 0.15) is 5.75 Å². The Balaban J connectivity index is 2.16. The molecule has 1 saturated heterocycles. The first kappa shape index (κ1) is 12.3. The van der Waals surface area contributed by atoms with Crippen molar-refractivity contribution in [2.45, 2.75) is 38.8 Å². The molecule has 1 atom stereocenters. The van der Waals surface area contributed by atoms with Gasteiger partial charge in [-0.05, 0) is 43.9 Å². The van der Waals surface area contributed by atoms with Gasteiger partial charge in [0.15, 0.2) is 0 Å². The molecule has 1 unspecified atom stereocenters. The van der Waals surface area contributed by atoms with Crippen LogP contribution >= 0.6 is 0 Å². The summed E-state index contributed by atoms with van der Waals surface area (Å²) in [4.78, 5) is 0. The van der Waals surface area contributed by atoms with E-state index in [1.807, 2.05) is 12.1 Å².